The second kappa shape index (κ2) is 35.7. The summed E-state index contributed by atoms with van der Waals surface area (Å²) in [6, 6.07) is -0.756. The van der Waals surface area contributed by atoms with Gasteiger partial charge in [-0.2, -0.15) is 0 Å². The van der Waals surface area contributed by atoms with E-state index in [9.17, 15) is 20.1 Å². The van der Waals surface area contributed by atoms with Gasteiger partial charge < -0.3 is 20.6 Å². The van der Waals surface area contributed by atoms with E-state index in [1.54, 1.807) is 6.08 Å². The smallest absolute Gasteiger partial charge is 0.222 e. The molecule has 0 aliphatic heterocycles. The number of aliphatic hydroxyl groups is 3. The first kappa shape index (κ1) is 43.8. The number of unbranched alkanes of at least 4 members (excludes halogenated alkanes) is 24. The molecule has 0 spiro atoms. The van der Waals surface area contributed by atoms with Gasteiger partial charge in [-0.15, -0.1) is 0 Å². The molecular formula is C40H77NO4. The van der Waals surface area contributed by atoms with Crippen molar-refractivity contribution in [3.8, 4) is 0 Å². The van der Waals surface area contributed by atoms with Crippen molar-refractivity contribution in [1.29, 1.82) is 0 Å². The third-order valence-corrected chi connectivity index (χ3v) is 8.99. The number of nitrogens with one attached hydrogen (secondary N) is 1. The Morgan fingerprint density at radius 2 is 0.956 bits per heavy atom. The predicted molar refractivity (Wildman–Crippen MR) is 195 cm³/mol. The van der Waals surface area contributed by atoms with Crippen LogP contribution in [0, 0.1) is 0 Å². The molecule has 0 bridgehead atoms. The van der Waals surface area contributed by atoms with Crippen LogP contribution in [0.25, 0.3) is 0 Å². The Bertz CT molecular complexity index is 665. The third-order valence-electron chi connectivity index (χ3n) is 8.99. The molecule has 5 nitrogen and oxygen atoms in total. The van der Waals surface area contributed by atoms with Crippen LogP contribution in [0.4, 0.5) is 0 Å². The monoisotopic (exact) mass is 636 g/mol. The van der Waals surface area contributed by atoms with Crippen LogP contribution < -0.4 is 5.32 Å². The highest BCUT2D eigenvalue weighted by Crippen LogP contribution is 2.15. The van der Waals surface area contributed by atoms with Crippen LogP contribution in [0.5, 0.6) is 0 Å². The molecular weight excluding hydrogens is 558 g/mol. The Morgan fingerprint density at radius 3 is 1.42 bits per heavy atom. The minimum Gasteiger partial charge on any atom is -0.394 e. The first-order chi connectivity index (χ1) is 22.0. The zero-order valence-electron chi connectivity index (χ0n) is 30.0. The van der Waals surface area contributed by atoms with Gasteiger partial charge in [0.25, 0.3) is 0 Å². The molecule has 0 saturated heterocycles. The number of hydrogen-bond acceptors (Lipinski definition) is 4. The number of allylic oxidation sites excluding steroid dienone is 3. The van der Waals surface area contributed by atoms with Crippen LogP contribution in [-0.2, 0) is 4.79 Å². The summed E-state index contributed by atoms with van der Waals surface area (Å²) in [6.45, 7) is 4.19. The highest BCUT2D eigenvalue weighted by atomic mass is 16.3. The van der Waals surface area contributed by atoms with E-state index in [1.165, 1.54) is 141 Å². The van der Waals surface area contributed by atoms with Gasteiger partial charge in [0.2, 0.25) is 5.91 Å². The highest BCUT2D eigenvalue weighted by Gasteiger charge is 2.20. The summed E-state index contributed by atoms with van der Waals surface area (Å²) in [5, 5.41) is 33.1. The molecule has 0 radical (unpaired) electrons. The summed E-state index contributed by atoms with van der Waals surface area (Å²) >= 11 is 0. The van der Waals surface area contributed by atoms with Crippen LogP contribution in [0.3, 0.4) is 0 Å². The van der Waals surface area contributed by atoms with Gasteiger partial charge in [0, 0.05) is 0 Å². The van der Waals surface area contributed by atoms with Crippen molar-refractivity contribution >= 4 is 5.91 Å². The molecule has 45 heavy (non-hydrogen) atoms. The lowest BCUT2D eigenvalue weighted by molar-refractivity contribution is -0.124. The molecule has 0 aliphatic rings. The zero-order chi connectivity index (χ0) is 33.1. The van der Waals surface area contributed by atoms with Gasteiger partial charge in [0.05, 0.1) is 31.3 Å². The normalized spacial score (nSPS) is 14.0. The molecule has 0 heterocycles. The first-order valence-electron chi connectivity index (χ1n) is 19.6. The largest absolute Gasteiger partial charge is 0.394 e. The van der Waals surface area contributed by atoms with E-state index >= 15 is 0 Å². The number of carbonyl (C=O) groups excluding carboxylic acids is 1. The van der Waals surface area contributed by atoms with Gasteiger partial charge in [-0.25, -0.2) is 0 Å². The molecule has 0 aliphatic carbocycles. The first-order valence-corrected chi connectivity index (χ1v) is 19.6. The average Bonchev–Trinajstić information content (AvgIpc) is 3.03. The Labute approximate surface area is 280 Å². The molecule has 0 aromatic heterocycles. The van der Waals surface area contributed by atoms with E-state index in [4.69, 9.17) is 0 Å². The molecule has 0 aromatic carbocycles. The van der Waals surface area contributed by atoms with Crippen molar-refractivity contribution in [3.05, 3.63) is 24.3 Å². The van der Waals surface area contributed by atoms with Gasteiger partial charge in [-0.3, -0.25) is 4.79 Å². The van der Waals surface area contributed by atoms with Crippen LogP contribution in [0.1, 0.15) is 200 Å². The molecule has 3 unspecified atom stereocenters. The zero-order valence-corrected chi connectivity index (χ0v) is 30.0. The molecule has 266 valence electrons. The predicted octanol–water partition coefficient (Wildman–Crippen LogP) is 10.7. The summed E-state index contributed by atoms with van der Waals surface area (Å²) in [6.07, 6.45) is 41.6. The molecule has 0 fully saturated rings. The maximum absolute atomic E-state index is 12.4. The van der Waals surface area contributed by atoms with Crippen molar-refractivity contribution in [2.75, 3.05) is 6.61 Å². The van der Waals surface area contributed by atoms with Crippen molar-refractivity contribution in [2.24, 2.45) is 0 Å². The van der Waals surface area contributed by atoms with Crippen LogP contribution in [0.15, 0.2) is 24.3 Å². The van der Waals surface area contributed by atoms with Gasteiger partial charge >= 0.3 is 0 Å². The molecule has 0 rings (SSSR count). The Hall–Kier alpha value is -1.17. The van der Waals surface area contributed by atoms with Gasteiger partial charge in [-0.05, 0) is 32.1 Å². The average molecular weight is 636 g/mol. The molecule has 3 atom stereocenters. The number of aliphatic hydroxyl groups excluding tert-OH is 3. The fourth-order valence-corrected chi connectivity index (χ4v) is 5.94. The van der Waals surface area contributed by atoms with E-state index < -0.39 is 18.2 Å². The lowest BCUT2D eigenvalue weighted by Crippen LogP contribution is -2.45. The maximum atomic E-state index is 12.4. The van der Waals surface area contributed by atoms with E-state index in [1.807, 2.05) is 6.08 Å². The number of hydrogen-bond donors (Lipinski definition) is 4. The molecule has 0 aromatic rings. The topological polar surface area (TPSA) is 89.8 Å². The molecule has 1 amide bonds. The Balaban J connectivity index is 3.75. The van der Waals surface area contributed by atoms with Gasteiger partial charge in [-0.1, -0.05) is 186 Å². The number of carbonyl (C=O) groups is 1. The number of amides is 1. The maximum Gasteiger partial charge on any atom is 0.222 e. The van der Waals surface area contributed by atoms with Crippen molar-refractivity contribution < 1.29 is 20.1 Å². The highest BCUT2D eigenvalue weighted by molar-refractivity contribution is 5.76. The molecule has 4 N–H and O–H groups in total. The second-order valence-corrected chi connectivity index (χ2v) is 13.5. The Morgan fingerprint density at radius 1 is 0.556 bits per heavy atom. The van der Waals surface area contributed by atoms with Crippen molar-refractivity contribution in [1.82, 2.24) is 5.32 Å². The second-order valence-electron chi connectivity index (χ2n) is 13.5. The van der Waals surface area contributed by atoms with Crippen molar-refractivity contribution in [2.45, 2.75) is 218 Å². The molecule has 5 heteroatoms. The van der Waals surface area contributed by atoms with Crippen LogP contribution >= 0.6 is 0 Å². The van der Waals surface area contributed by atoms with Gasteiger partial charge in [0.15, 0.2) is 0 Å². The van der Waals surface area contributed by atoms with E-state index in [0.717, 1.165) is 32.1 Å². The van der Waals surface area contributed by atoms with Crippen molar-refractivity contribution in [3.63, 3.8) is 0 Å². The minimum absolute atomic E-state index is 0.00915. The Kier molecular flexibility index (Phi) is 34.8. The summed E-state index contributed by atoms with van der Waals surface area (Å²) < 4.78 is 0. The quantitative estimate of drug-likeness (QED) is 0.0412. The SMILES string of the molecule is CCCCCCCCCCCC/C=C/CC/C=C/C(O)C(CO)NC(=O)CC(O)CCCCCCCCCCCCCCCC. The summed E-state index contributed by atoms with van der Waals surface area (Å²) in [4.78, 5) is 12.4. The van der Waals surface area contributed by atoms with E-state index in [2.05, 4.69) is 31.3 Å². The molecule has 0 saturated carbocycles. The fourth-order valence-electron chi connectivity index (χ4n) is 5.94. The minimum atomic E-state index is -0.947. The lowest BCUT2D eigenvalue weighted by Gasteiger charge is -2.21. The lowest BCUT2D eigenvalue weighted by atomic mass is 10.0. The third kappa shape index (κ3) is 32.6. The summed E-state index contributed by atoms with van der Waals surface area (Å²) in [5.41, 5.74) is 0. The van der Waals surface area contributed by atoms with Crippen LogP contribution in [0.2, 0.25) is 0 Å². The van der Waals surface area contributed by atoms with Crippen LogP contribution in [-0.4, -0.2) is 46.1 Å². The fraction of sp³-hybridized carbons (Fsp3) is 0.875. The van der Waals surface area contributed by atoms with Gasteiger partial charge in [0.1, 0.15) is 0 Å². The standard InChI is InChI=1S/C40H77NO4/c1-3-5-7-9-11-13-15-17-19-20-22-24-26-28-30-32-34-39(44)38(36-42)41-40(45)35-37(43)33-31-29-27-25-23-21-18-16-14-12-10-8-6-4-2/h24,26,32,34,37-39,42-44H,3-23,25,27-31,33,35-36H2,1-2H3,(H,41,45)/b26-24+,34-32+. The summed E-state index contributed by atoms with van der Waals surface area (Å²) in [5.74, 6) is -0.325. The van der Waals surface area contributed by atoms with E-state index in [-0.39, 0.29) is 18.9 Å². The van der Waals surface area contributed by atoms with E-state index in [0.29, 0.717) is 6.42 Å². The summed E-state index contributed by atoms with van der Waals surface area (Å²) in [7, 11) is 0. The number of rotatable bonds is 35.